The molecular formula is C17H18BrNO3. The van der Waals surface area contributed by atoms with E-state index in [0.29, 0.717) is 13.2 Å². The highest BCUT2D eigenvalue weighted by atomic mass is 79.9. The summed E-state index contributed by atoms with van der Waals surface area (Å²) in [6.07, 6.45) is -0.852. The standard InChI is InChI=1S/C17H18BrNO3/c1-2-21-17(20)16(19-15-10-6-9-14(18)11-15)22-12-13-7-4-3-5-8-13/h3-11,16,19H,2,12H2,1H3. The monoisotopic (exact) mass is 363 g/mol. The number of ether oxygens (including phenoxy) is 2. The summed E-state index contributed by atoms with van der Waals surface area (Å²) in [6.45, 7) is 2.40. The van der Waals surface area contributed by atoms with Gasteiger partial charge in [-0.25, -0.2) is 4.79 Å². The molecule has 2 aromatic rings. The van der Waals surface area contributed by atoms with E-state index in [1.54, 1.807) is 6.92 Å². The lowest BCUT2D eigenvalue weighted by Crippen LogP contribution is -2.34. The normalized spacial score (nSPS) is 11.7. The zero-order chi connectivity index (χ0) is 15.8. The minimum absolute atomic E-state index is 0.310. The van der Waals surface area contributed by atoms with Crippen molar-refractivity contribution in [2.75, 3.05) is 11.9 Å². The summed E-state index contributed by atoms with van der Waals surface area (Å²) in [4.78, 5) is 12.0. The van der Waals surface area contributed by atoms with Crippen LogP contribution >= 0.6 is 15.9 Å². The third-order valence-electron chi connectivity index (χ3n) is 2.88. The molecule has 0 aliphatic rings. The minimum Gasteiger partial charge on any atom is -0.463 e. The average Bonchev–Trinajstić information content (AvgIpc) is 2.52. The number of anilines is 1. The zero-order valence-corrected chi connectivity index (χ0v) is 13.9. The Morgan fingerprint density at radius 2 is 1.95 bits per heavy atom. The van der Waals surface area contributed by atoms with Crippen LogP contribution in [-0.4, -0.2) is 18.8 Å². The van der Waals surface area contributed by atoms with E-state index >= 15 is 0 Å². The Morgan fingerprint density at radius 3 is 2.64 bits per heavy atom. The van der Waals surface area contributed by atoms with Crippen molar-refractivity contribution >= 4 is 27.6 Å². The van der Waals surface area contributed by atoms with Gasteiger partial charge in [0.05, 0.1) is 13.2 Å². The van der Waals surface area contributed by atoms with Gasteiger partial charge in [-0.05, 0) is 30.7 Å². The van der Waals surface area contributed by atoms with E-state index in [-0.39, 0.29) is 0 Å². The third-order valence-corrected chi connectivity index (χ3v) is 3.38. The van der Waals surface area contributed by atoms with E-state index in [1.807, 2.05) is 54.6 Å². The smallest absolute Gasteiger partial charge is 0.356 e. The van der Waals surface area contributed by atoms with Crippen molar-refractivity contribution in [3.8, 4) is 0 Å². The van der Waals surface area contributed by atoms with Gasteiger partial charge in [-0.1, -0.05) is 52.3 Å². The van der Waals surface area contributed by atoms with Crippen molar-refractivity contribution in [3.63, 3.8) is 0 Å². The van der Waals surface area contributed by atoms with E-state index in [9.17, 15) is 4.79 Å². The minimum atomic E-state index is -0.852. The van der Waals surface area contributed by atoms with Crippen LogP contribution in [0.25, 0.3) is 0 Å². The number of benzene rings is 2. The average molecular weight is 364 g/mol. The fourth-order valence-corrected chi connectivity index (χ4v) is 2.27. The molecule has 0 aliphatic carbocycles. The molecule has 4 nitrogen and oxygen atoms in total. The third kappa shape index (κ3) is 5.16. The Labute approximate surface area is 138 Å². The topological polar surface area (TPSA) is 47.6 Å². The zero-order valence-electron chi connectivity index (χ0n) is 12.3. The molecule has 0 heterocycles. The van der Waals surface area contributed by atoms with E-state index in [2.05, 4.69) is 21.2 Å². The predicted molar refractivity (Wildman–Crippen MR) is 89.4 cm³/mol. The Kier molecular flexibility index (Phi) is 6.43. The molecular weight excluding hydrogens is 346 g/mol. The van der Waals surface area contributed by atoms with Crippen LogP contribution in [0, 0.1) is 0 Å². The molecule has 2 aromatic carbocycles. The second-order valence-electron chi connectivity index (χ2n) is 4.58. The molecule has 1 unspecified atom stereocenters. The summed E-state index contributed by atoms with van der Waals surface area (Å²) in [5, 5.41) is 3.05. The van der Waals surface area contributed by atoms with Crippen molar-refractivity contribution in [1.82, 2.24) is 0 Å². The Hall–Kier alpha value is -1.85. The number of nitrogens with one attached hydrogen (secondary N) is 1. The van der Waals surface area contributed by atoms with Gasteiger partial charge in [0.25, 0.3) is 0 Å². The predicted octanol–water partition coefficient (Wildman–Crippen LogP) is 3.97. The maximum atomic E-state index is 12.0. The largest absolute Gasteiger partial charge is 0.463 e. The van der Waals surface area contributed by atoms with Crippen molar-refractivity contribution in [2.24, 2.45) is 0 Å². The molecule has 0 radical (unpaired) electrons. The molecule has 2 rings (SSSR count). The first kappa shape index (κ1) is 16.5. The number of carbonyl (C=O) groups is 1. The summed E-state index contributed by atoms with van der Waals surface area (Å²) in [7, 11) is 0. The molecule has 0 fully saturated rings. The van der Waals surface area contributed by atoms with Crippen molar-refractivity contribution in [3.05, 3.63) is 64.6 Å². The number of carbonyl (C=O) groups excluding carboxylic acids is 1. The summed E-state index contributed by atoms with van der Waals surface area (Å²) in [5.41, 5.74) is 1.77. The van der Waals surface area contributed by atoms with E-state index in [4.69, 9.17) is 9.47 Å². The lowest BCUT2D eigenvalue weighted by molar-refractivity contribution is -0.155. The van der Waals surface area contributed by atoms with Gasteiger partial charge in [-0.3, -0.25) is 0 Å². The highest BCUT2D eigenvalue weighted by Gasteiger charge is 2.20. The Balaban J connectivity index is 2.04. The number of hydrogen-bond acceptors (Lipinski definition) is 4. The Bertz CT molecular complexity index is 604. The van der Waals surface area contributed by atoms with Gasteiger partial charge in [0, 0.05) is 10.2 Å². The highest BCUT2D eigenvalue weighted by molar-refractivity contribution is 9.10. The fourth-order valence-electron chi connectivity index (χ4n) is 1.87. The van der Waals surface area contributed by atoms with Crippen molar-refractivity contribution in [1.29, 1.82) is 0 Å². The van der Waals surface area contributed by atoms with Gasteiger partial charge in [-0.2, -0.15) is 0 Å². The van der Waals surface area contributed by atoms with Gasteiger partial charge >= 0.3 is 5.97 Å². The lowest BCUT2D eigenvalue weighted by atomic mass is 10.2. The summed E-state index contributed by atoms with van der Waals surface area (Å²) < 4.78 is 11.7. The van der Waals surface area contributed by atoms with Crippen LogP contribution in [-0.2, 0) is 20.9 Å². The summed E-state index contributed by atoms with van der Waals surface area (Å²) >= 11 is 3.40. The van der Waals surface area contributed by atoms with Crippen LogP contribution in [0.3, 0.4) is 0 Å². The van der Waals surface area contributed by atoms with Gasteiger partial charge < -0.3 is 14.8 Å². The fraction of sp³-hybridized carbons (Fsp3) is 0.235. The van der Waals surface area contributed by atoms with Crippen molar-refractivity contribution < 1.29 is 14.3 Å². The molecule has 0 saturated carbocycles. The molecule has 0 amide bonds. The van der Waals surface area contributed by atoms with Crippen molar-refractivity contribution in [2.45, 2.75) is 19.8 Å². The van der Waals surface area contributed by atoms with Crippen LogP contribution in [0.1, 0.15) is 12.5 Å². The Morgan fingerprint density at radius 1 is 1.18 bits per heavy atom. The molecule has 1 N–H and O–H groups in total. The molecule has 0 bridgehead atoms. The van der Waals surface area contributed by atoms with Crippen LogP contribution in [0.5, 0.6) is 0 Å². The maximum absolute atomic E-state index is 12.0. The maximum Gasteiger partial charge on any atom is 0.356 e. The van der Waals surface area contributed by atoms with Gasteiger partial charge in [0.15, 0.2) is 0 Å². The molecule has 116 valence electrons. The molecule has 0 aliphatic heterocycles. The van der Waals surface area contributed by atoms with E-state index in [1.165, 1.54) is 0 Å². The molecule has 0 aromatic heterocycles. The van der Waals surface area contributed by atoms with Gasteiger partial charge in [0.2, 0.25) is 6.23 Å². The first-order valence-electron chi connectivity index (χ1n) is 7.03. The molecule has 0 spiro atoms. The number of halogens is 1. The van der Waals surface area contributed by atoms with Gasteiger partial charge in [0.1, 0.15) is 0 Å². The first-order valence-corrected chi connectivity index (χ1v) is 7.82. The van der Waals surface area contributed by atoms with Crippen LogP contribution in [0.15, 0.2) is 59.1 Å². The van der Waals surface area contributed by atoms with Crippen LogP contribution in [0.4, 0.5) is 5.69 Å². The molecule has 1 atom stereocenters. The van der Waals surface area contributed by atoms with Gasteiger partial charge in [-0.15, -0.1) is 0 Å². The summed E-state index contributed by atoms with van der Waals surface area (Å²) in [5.74, 6) is -0.432. The number of esters is 1. The van der Waals surface area contributed by atoms with Crippen LogP contribution in [0.2, 0.25) is 0 Å². The molecule has 22 heavy (non-hydrogen) atoms. The molecule has 0 saturated heterocycles. The first-order chi connectivity index (χ1) is 10.7. The second-order valence-corrected chi connectivity index (χ2v) is 5.50. The van der Waals surface area contributed by atoms with E-state index < -0.39 is 12.2 Å². The number of hydrogen-bond donors (Lipinski definition) is 1. The summed E-state index contributed by atoms with van der Waals surface area (Å²) in [6, 6.07) is 17.2. The van der Waals surface area contributed by atoms with E-state index in [0.717, 1.165) is 15.7 Å². The second kappa shape index (κ2) is 8.56. The van der Waals surface area contributed by atoms with Crippen LogP contribution < -0.4 is 5.32 Å². The quantitative estimate of drug-likeness (QED) is 0.597. The molecule has 5 heteroatoms. The SMILES string of the molecule is CCOC(=O)C(Nc1cccc(Br)c1)OCc1ccccc1. The lowest BCUT2D eigenvalue weighted by Gasteiger charge is -2.19. The highest BCUT2D eigenvalue weighted by Crippen LogP contribution is 2.17. The number of rotatable bonds is 7.